The predicted molar refractivity (Wildman–Crippen MR) is 74.8 cm³/mol. The first-order valence-corrected chi connectivity index (χ1v) is 6.59. The minimum Gasteiger partial charge on any atom is -0.343 e. The molecular formula is C15H13F4N3. The molecule has 1 aliphatic rings. The number of halogens is 4. The van der Waals surface area contributed by atoms with Crippen molar-refractivity contribution in [2.75, 3.05) is 5.32 Å². The van der Waals surface area contributed by atoms with Crippen LogP contribution in [0.2, 0.25) is 0 Å². The Morgan fingerprint density at radius 3 is 2.68 bits per heavy atom. The summed E-state index contributed by atoms with van der Waals surface area (Å²) in [6.07, 6.45) is -4.79. The first-order valence-electron chi connectivity index (χ1n) is 6.59. The summed E-state index contributed by atoms with van der Waals surface area (Å²) in [5.74, 6) is -0.446. The van der Waals surface area contributed by atoms with Gasteiger partial charge in [-0.1, -0.05) is 18.7 Å². The smallest absolute Gasteiger partial charge is 0.343 e. The quantitative estimate of drug-likeness (QED) is 0.768. The lowest BCUT2D eigenvalue weighted by molar-refractivity contribution is -0.185. The molecule has 0 saturated carbocycles. The molecule has 2 heterocycles. The molecule has 0 aliphatic carbocycles. The minimum atomic E-state index is -4.49. The van der Waals surface area contributed by atoms with Crippen LogP contribution in [0.3, 0.4) is 0 Å². The third-order valence-electron chi connectivity index (χ3n) is 3.92. The molecule has 1 atom stereocenters. The standard InChI is InChI=1S/C15H13F4N3/c1-8-7-14(2,15(17,18)19)11-12(21-22-13(11)20-8)9-4-3-5-10(16)6-9/h3-6H,1,7H2,2H3,(H2,20,21,22). The van der Waals surface area contributed by atoms with Crippen LogP contribution >= 0.6 is 0 Å². The van der Waals surface area contributed by atoms with E-state index < -0.39 is 17.4 Å². The van der Waals surface area contributed by atoms with E-state index in [1.54, 1.807) is 0 Å². The highest BCUT2D eigenvalue weighted by Gasteiger charge is 2.56. The SMILES string of the molecule is C=C1CC(C)(C(F)(F)F)c2c(n[nH]c2-c2cccc(F)c2)N1. The number of benzene rings is 1. The number of fused-ring (bicyclic) bond motifs is 1. The summed E-state index contributed by atoms with van der Waals surface area (Å²) in [4.78, 5) is 0. The van der Waals surface area contributed by atoms with Crippen molar-refractivity contribution in [1.82, 2.24) is 10.2 Å². The number of anilines is 1. The Hall–Kier alpha value is -2.31. The van der Waals surface area contributed by atoms with Gasteiger partial charge in [-0.25, -0.2) is 4.39 Å². The molecule has 0 spiro atoms. The second kappa shape index (κ2) is 4.59. The van der Waals surface area contributed by atoms with E-state index in [1.165, 1.54) is 24.3 Å². The molecule has 0 bridgehead atoms. The number of rotatable bonds is 1. The van der Waals surface area contributed by atoms with E-state index in [2.05, 4.69) is 22.1 Å². The lowest BCUT2D eigenvalue weighted by Gasteiger charge is -2.37. The molecule has 1 aromatic carbocycles. The molecule has 1 unspecified atom stereocenters. The third-order valence-corrected chi connectivity index (χ3v) is 3.92. The molecule has 2 aromatic rings. The molecule has 0 fully saturated rings. The minimum absolute atomic E-state index is 0.0157. The van der Waals surface area contributed by atoms with Crippen molar-refractivity contribution in [2.45, 2.75) is 24.9 Å². The largest absolute Gasteiger partial charge is 0.398 e. The van der Waals surface area contributed by atoms with Crippen molar-refractivity contribution < 1.29 is 17.6 Å². The number of allylic oxidation sites excluding steroid dienone is 1. The van der Waals surface area contributed by atoms with E-state index in [-0.39, 0.29) is 29.2 Å². The summed E-state index contributed by atoms with van der Waals surface area (Å²) in [5, 5.41) is 9.25. The monoisotopic (exact) mass is 311 g/mol. The summed E-state index contributed by atoms with van der Waals surface area (Å²) in [6.45, 7) is 4.70. The number of nitrogens with zero attached hydrogens (tertiary/aromatic N) is 1. The normalized spacial score (nSPS) is 21.4. The molecule has 1 aliphatic heterocycles. The van der Waals surface area contributed by atoms with Crippen LogP contribution < -0.4 is 5.32 Å². The summed E-state index contributed by atoms with van der Waals surface area (Å²) in [7, 11) is 0. The molecule has 0 saturated heterocycles. The lowest BCUT2D eigenvalue weighted by Crippen LogP contribution is -2.43. The summed E-state index contributed by atoms with van der Waals surface area (Å²) >= 11 is 0. The van der Waals surface area contributed by atoms with Crippen molar-refractivity contribution in [3.05, 3.63) is 47.9 Å². The fourth-order valence-electron chi connectivity index (χ4n) is 2.79. The van der Waals surface area contributed by atoms with Crippen LogP contribution in [0.25, 0.3) is 11.3 Å². The Labute approximate surface area is 124 Å². The maximum atomic E-state index is 13.6. The molecular weight excluding hydrogens is 298 g/mol. The van der Waals surface area contributed by atoms with Crippen molar-refractivity contribution in [1.29, 1.82) is 0 Å². The van der Waals surface area contributed by atoms with Crippen LogP contribution in [-0.2, 0) is 5.41 Å². The number of aromatic nitrogens is 2. The zero-order valence-corrected chi connectivity index (χ0v) is 11.7. The first-order chi connectivity index (χ1) is 10.2. The average Bonchev–Trinajstić information content (AvgIpc) is 2.81. The summed E-state index contributed by atoms with van der Waals surface area (Å²) in [5.41, 5.74) is -1.44. The van der Waals surface area contributed by atoms with Gasteiger partial charge in [-0.2, -0.15) is 18.3 Å². The second-order valence-corrected chi connectivity index (χ2v) is 5.57. The van der Waals surface area contributed by atoms with Crippen LogP contribution in [0.15, 0.2) is 36.5 Å². The zero-order valence-electron chi connectivity index (χ0n) is 11.7. The molecule has 22 heavy (non-hydrogen) atoms. The van der Waals surface area contributed by atoms with E-state index in [0.29, 0.717) is 5.56 Å². The highest BCUT2D eigenvalue weighted by atomic mass is 19.4. The van der Waals surface area contributed by atoms with Gasteiger partial charge in [0.05, 0.1) is 11.1 Å². The number of hydrogen-bond donors (Lipinski definition) is 2. The van der Waals surface area contributed by atoms with Gasteiger partial charge in [0.1, 0.15) is 5.82 Å². The van der Waals surface area contributed by atoms with Crippen LogP contribution in [0.1, 0.15) is 18.9 Å². The molecule has 3 rings (SSSR count). The van der Waals surface area contributed by atoms with Gasteiger partial charge in [0.25, 0.3) is 0 Å². The van der Waals surface area contributed by atoms with Gasteiger partial charge in [0.2, 0.25) is 0 Å². The maximum Gasteiger partial charge on any atom is 0.398 e. The Morgan fingerprint density at radius 2 is 2.05 bits per heavy atom. The highest BCUT2D eigenvalue weighted by molar-refractivity contribution is 5.74. The van der Waals surface area contributed by atoms with Crippen LogP contribution in [0, 0.1) is 5.82 Å². The molecule has 0 amide bonds. The number of nitrogens with one attached hydrogen (secondary N) is 2. The average molecular weight is 311 g/mol. The lowest BCUT2D eigenvalue weighted by atomic mass is 9.74. The van der Waals surface area contributed by atoms with Crippen LogP contribution in [0.4, 0.5) is 23.4 Å². The van der Waals surface area contributed by atoms with Crippen LogP contribution in [-0.4, -0.2) is 16.4 Å². The zero-order chi connectivity index (χ0) is 16.1. The second-order valence-electron chi connectivity index (χ2n) is 5.57. The Kier molecular flexibility index (Phi) is 3.05. The third kappa shape index (κ3) is 2.08. The summed E-state index contributed by atoms with van der Waals surface area (Å²) < 4.78 is 54.3. The van der Waals surface area contributed by atoms with E-state index in [9.17, 15) is 17.6 Å². The molecule has 0 radical (unpaired) electrons. The number of H-pyrrole nitrogens is 1. The van der Waals surface area contributed by atoms with E-state index in [4.69, 9.17) is 0 Å². The Bertz CT molecular complexity index is 747. The summed E-state index contributed by atoms with van der Waals surface area (Å²) in [6, 6.07) is 5.39. The first kappa shape index (κ1) is 14.6. The van der Waals surface area contributed by atoms with Crippen molar-refractivity contribution in [3.8, 4) is 11.3 Å². The predicted octanol–water partition coefficient (Wildman–Crippen LogP) is 4.37. The molecule has 116 valence electrons. The Balaban J connectivity index is 2.25. The molecule has 7 heteroatoms. The Morgan fingerprint density at radius 1 is 1.32 bits per heavy atom. The van der Waals surface area contributed by atoms with Gasteiger partial charge < -0.3 is 5.32 Å². The fourth-order valence-corrected chi connectivity index (χ4v) is 2.79. The van der Waals surface area contributed by atoms with Crippen LogP contribution in [0.5, 0.6) is 0 Å². The van der Waals surface area contributed by atoms with E-state index >= 15 is 0 Å². The number of alkyl halides is 3. The van der Waals surface area contributed by atoms with E-state index in [1.807, 2.05) is 0 Å². The van der Waals surface area contributed by atoms with Gasteiger partial charge in [0.15, 0.2) is 5.82 Å². The maximum absolute atomic E-state index is 13.6. The van der Waals surface area contributed by atoms with Crippen molar-refractivity contribution in [3.63, 3.8) is 0 Å². The van der Waals surface area contributed by atoms with Gasteiger partial charge in [-0.15, -0.1) is 0 Å². The topological polar surface area (TPSA) is 40.7 Å². The van der Waals surface area contributed by atoms with Gasteiger partial charge in [-0.3, -0.25) is 5.10 Å². The van der Waals surface area contributed by atoms with Gasteiger partial charge in [0, 0.05) is 23.2 Å². The van der Waals surface area contributed by atoms with Crippen molar-refractivity contribution in [2.24, 2.45) is 0 Å². The highest BCUT2D eigenvalue weighted by Crippen LogP contribution is 2.52. The number of hydrogen-bond acceptors (Lipinski definition) is 2. The number of aromatic amines is 1. The van der Waals surface area contributed by atoms with Gasteiger partial charge in [-0.05, 0) is 19.1 Å². The molecule has 1 aromatic heterocycles. The fraction of sp³-hybridized carbons (Fsp3) is 0.267. The molecule has 3 nitrogen and oxygen atoms in total. The van der Waals surface area contributed by atoms with Gasteiger partial charge >= 0.3 is 6.18 Å². The molecule has 2 N–H and O–H groups in total. The van der Waals surface area contributed by atoms with Crippen molar-refractivity contribution >= 4 is 5.82 Å². The van der Waals surface area contributed by atoms with E-state index in [0.717, 1.165) is 6.92 Å².